The number of carbonyl (C=O) groups is 1. The molecule has 3 rings (SSSR count). The van der Waals surface area contributed by atoms with Gasteiger partial charge in [-0.25, -0.2) is 4.79 Å². The third-order valence-corrected chi connectivity index (χ3v) is 4.02. The summed E-state index contributed by atoms with van der Waals surface area (Å²) in [5, 5.41) is 6.01. The molecule has 2 aromatic rings. The molecule has 21 heavy (non-hydrogen) atoms. The SMILES string of the molecule is Cc1ccc(NC(=O)NC2Cc3ccccc3C2)c(C)c1. The zero-order valence-corrected chi connectivity index (χ0v) is 12.4. The van der Waals surface area contributed by atoms with Crippen molar-refractivity contribution < 1.29 is 4.79 Å². The van der Waals surface area contributed by atoms with Crippen molar-refractivity contribution in [3.8, 4) is 0 Å². The molecule has 108 valence electrons. The van der Waals surface area contributed by atoms with Crippen molar-refractivity contribution in [2.24, 2.45) is 0 Å². The van der Waals surface area contributed by atoms with E-state index in [1.165, 1.54) is 16.7 Å². The summed E-state index contributed by atoms with van der Waals surface area (Å²) in [5.41, 5.74) is 5.84. The zero-order chi connectivity index (χ0) is 14.8. The van der Waals surface area contributed by atoms with Gasteiger partial charge in [0.15, 0.2) is 0 Å². The smallest absolute Gasteiger partial charge is 0.319 e. The average molecular weight is 280 g/mol. The molecule has 1 aliphatic carbocycles. The minimum atomic E-state index is -0.125. The molecule has 0 radical (unpaired) electrons. The number of benzene rings is 2. The number of hydrogen-bond acceptors (Lipinski definition) is 1. The van der Waals surface area contributed by atoms with Crippen LogP contribution in [0.3, 0.4) is 0 Å². The topological polar surface area (TPSA) is 41.1 Å². The summed E-state index contributed by atoms with van der Waals surface area (Å²) >= 11 is 0. The lowest BCUT2D eigenvalue weighted by atomic mass is 10.1. The third-order valence-electron chi connectivity index (χ3n) is 4.02. The first kappa shape index (κ1) is 13.7. The van der Waals surface area contributed by atoms with Gasteiger partial charge in [-0.1, -0.05) is 42.0 Å². The summed E-state index contributed by atoms with van der Waals surface area (Å²) in [4.78, 5) is 12.1. The number of nitrogens with one attached hydrogen (secondary N) is 2. The van der Waals surface area contributed by atoms with Crippen LogP contribution in [0.4, 0.5) is 10.5 Å². The van der Waals surface area contributed by atoms with Crippen molar-refractivity contribution in [3.05, 3.63) is 64.7 Å². The van der Waals surface area contributed by atoms with Crippen LogP contribution in [0.15, 0.2) is 42.5 Å². The molecule has 0 saturated heterocycles. The van der Waals surface area contributed by atoms with Crippen molar-refractivity contribution in [3.63, 3.8) is 0 Å². The van der Waals surface area contributed by atoms with Gasteiger partial charge < -0.3 is 10.6 Å². The van der Waals surface area contributed by atoms with Gasteiger partial charge in [0.2, 0.25) is 0 Å². The molecule has 0 saturated carbocycles. The first-order valence-electron chi connectivity index (χ1n) is 7.33. The number of hydrogen-bond donors (Lipinski definition) is 2. The standard InChI is InChI=1S/C18H20N2O/c1-12-7-8-17(13(2)9-12)20-18(21)19-16-10-14-5-3-4-6-15(14)11-16/h3-9,16H,10-11H2,1-2H3,(H2,19,20,21). The Morgan fingerprint density at radius 3 is 2.33 bits per heavy atom. The number of carbonyl (C=O) groups excluding carboxylic acids is 1. The molecule has 1 aliphatic rings. The normalized spacial score (nSPS) is 13.8. The Balaban J connectivity index is 1.61. The summed E-state index contributed by atoms with van der Waals surface area (Å²) in [7, 11) is 0. The summed E-state index contributed by atoms with van der Waals surface area (Å²) in [6.45, 7) is 4.06. The molecule has 3 heteroatoms. The first-order chi connectivity index (χ1) is 10.1. The van der Waals surface area contributed by atoms with E-state index in [0.29, 0.717) is 0 Å². The summed E-state index contributed by atoms with van der Waals surface area (Å²) in [6.07, 6.45) is 1.83. The molecule has 2 aromatic carbocycles. The van der Waals surface area contributed by atoms with Crippen molar-refractivity contribution in [2.75, 3.05) is 5.32 Å². The van der Waals surface area contributed by atoms with E-state index in [-0.39, 0.29) is 12.1 Å². The zero-order valence-electron chi connectivity index (χ0n) is 12.4. The highest BCUT2D eigenvalue weighted by Crippen LogP contribution is 2.22. The van der Waals surface area contributed by atoms with E-state index in [4.69, 9.17) is 0 Å². The molecule has 0 unspecified atom stereocenters. The minimum Gasteiger partial charge on any atom is -0.334 e. The fourth-order valence-electron chi connectivity index (χ4n) is 2.96. The predicted molar refractivity (Wildman–Crippen MR) is 85.7 cm³/mol. The van der Waals surface area contributed by atoms with E-state index in [9.17, 15) is 4.79 Å². The second kappa shape index (κ2) is 5.60. The van der Waals surface area contributed by atoms with Gasteiger partial charge in [-0.05, 0) is 49.4 Å². The number of urea groups is 1. The Morgan fingerprint density at radius 1 is 1.05 bits per heavy atom. The highest BCUT2D eigenvalue weighted by Gasteiger charge is 2.22. The van der Waals surface area contributed by atoms with Crippen LogP contribution in [0.25, 0.3) is 0 Å². The Morgan fingerprint density at radius 2 is 1.71 bits per heavy atom. The fourth-order valence-corrected chi connectivity index (χ4v) is 2.96. The van der Waals surface area contributed by atoms with Gasteiger partial charge >= 0.3 is 6.03 Å². The maximum Gasteiger partial charge on any atom is 0.319 e. The molecule has 0 fully saturated rings. The van der Waals surface area contributed by atoms with Crippen molar-refractivity contribution >= 4 is 11.7 Å². The average Bonchev–Trinajstić information content (AvgIpc) is 2.84. The second-order valence-corrected chi connectivity index (χ2v) is 5.79. The molecular weight excluding hydrogens is 260 g/mol. The molecule has 0 aliphatic heterocycles. The van der Waals surface area contributed by atoms with E-state index in [1.54, 1.807) is 0 Å². The molecule has 2 N–H and O–H groups in total. The van der Waals surface area contributed by atoms with Crippen LogP contribution in [0.5, 0.6) is 0 Å². The van der Waals surface area contributed by atoms with E-state index >= 15 is 0 Å². The maximum atomic E-state index is 12.1. The minimum absolute atomic E-state index is 0.125. The Hall–Kier alpha value is -2.29. The molecule has 2 amide bonds. The van der Waals surface area contributed by atoms with Gasteiger partial charge in [-0.15, -0.1) is 0 Å². The number of fused-ring (bicyclic) bond motifs is 1. The van der Waals surface area contributed by atoms with E-state index in [1.807, 2.05) is 26.0 Å². The lowest BCUT2D eigenvalue weighted by Gasteiger charge is -2.14. The quantitative estimate of drug-likeness (QED) is 0.867. The number of rotatable bonds is 2. The lowest BCUT2D eigenvalue weighted by Crippen LogP contribution is -2.38. The lowest BCUT2D eigenvalue weighted by molar-refractivity contribution is 0.249. The van der Waals surface area contributed by atoms with Gasteiger partial charge in [-0.3, -0.25) is 0 Å². The number of amides is 2. The molecule has 0 bridgehead atoms. The molecule has 0 heterocycles. The van der Waals surface area contributed by atoms with Crippen LogP contribution in [0.2, 0.25) is 0 Å². The molecule has 0 atom stereocenters. The maximum absolute atomic E-state index is 12.1. The largest absolute Gasteiger partial charge is 0.334 e. The van der Waals surface area contributed by atoms with Crippen molar-refractivity contribution in [1.82, 2.24) is 5.32 Å². The highest BCUT2D eigenvalue weighted by atomic mass is 16.2. The third kappa shape index (κ3) is 3.07. The Labute approximate surface area is 125 Å². The Kier molecular flexibility index (Phi) is 3.65. The van der Waals surface area contributed by atoms with E-state index < -0.39 is 0 Å². The van der Waals surface area contributed by atoms with Gasteiger partial charge in [0, 0.05) is 11.7 Å². The molecular formula is C18H20N2O. The van der Waals surface area contributed by atoms with Gasteiger partial charge in [0.25, 0.3) is 0 Å². The van der Waals surface area contributed by atoms with Crippen LogP contribution in [0.1, 0.15) is 22.3 Å². The number of aryl methyl sites for hydroxylation is 2. The van der Waals surface area contributed by atoms with Crippen molar-refractivity contribution in [2.45, 2.75) is 32.7 Å². The second-order valence-electron chi connectivity index (χ2n) is 5.79. The van der Waals surface area contributed by atoms with E-state index in [2.05, 4.69) is 41.0 Å². The van der Waals surface area contributed by atoms with Gasteiger partial charge in [0.1, 0.15) is 0 Å². The summed E-state index contributed by atoms with van der Waals surface area (Å²) in [6, 6.07) is 14.5. The van der Waals surface area contributed by atoms with Crippen LogP contribution in [-0.2, 0) is 12.8 Å². The highest BCUT2D eigenvalue weighted by molar-refractivity contribution is 5.90. The van der Waals surface area contributed by atoms with Crippen LogP contribution in [0, 0.1) is 13.8 Å². The first-order valence-corrected chi connectivity index (χ1v) is 7.33. The monoisotopic (exact) mass is 280 g/mol. The van der Waals surface area contributed by atoms with Crippen molar-refractivity contribution in [1.29, 1.82) is 0 Å². The molecule has 3 nitrogen and oxygen atoms in total. The summed E-state index contributed by atoms with van der Waals surface area (Å²) < 4.78 is 0. The van der Waals surface area contributed by atoms with Crippen LogP contribution >= 0.6 is 0 Å². The van der Waals surface area contributed by atoms with E-state index in [0.717, 1.165) is 24.1 Å². The Bertz CT molecular complexity index is 654. The van der Waals surface area contributed by atoms with Gasteiger partial charge in [0.05, 0.1) is 0 Å². The fraction of sp³-hybridized carbons (Fsp3) is 0.278. The molecule has 0 aromatic heterocycles. The number of anilines is 1. The van der Waals surface area contributed by atoms with Gasteiger partial charge in [-0.2, -0.15) is 0 Å². The predicted octanol–water partition coefficient (Wildman–Crippen LogP) is 3.59. The van der Waals surface area contributed by atoms with Crippen LogP contribution < -0.4 is 10.6 Å². The molecule has 0 spiro atoms. The summed E-state index contributed by atoms with van der Waals surface area (Å²) in [5.74, 6) is 0. The van der Waals surface area contributed by atoms with Crippen LogP contribution in [-0.4, -0.2) is 12.1 Å².